The number of rotatable bonds is 4. The van der Waals surface area contributed by atoms with Crippen LogP contribution in [0.1, 0.15) is 29.0 Å². The number of hydrogen-bond acceptors (Lipinski definition) is 4. The summed E-state index contributed by atoms with van der Waals surface area (Å²) in [6.45, 7) is 0. The van der Waals surface area contributed by atoms with Gasteiger partial charge < -0.3 is 10.3 Å². The summed E-state index contributed by atoms with van der Waals surface area (Å²) in [5.74, 6) is -2.10. The number of nitrogens with one attached hydrogen (secondary N) is 2. The van der Waals surface area contributed by atoms with Gasteiger partial charge in [0.2, 0.25) is 5.91 Å². The maximum Gasteiger partial charge on any atom is 0.257 e. The summed E-state index contributed by atoms with van der Waals surface area (Å²) in [6.07, 6.45) is -0.102. The summed E-state index contributed by atoms with van der Waals surface area (Å²) in [5, 5.41) is 3.51. The number of H-pyrrole nitrogens is 1. The summed E-state index contributed by atoms with van der Waals surface area (Å²) >= 11 is 7.25. The van der Waals surface area contributed by atoms with Gasteiger partial charge in [0.1, 0.15) is 17.5 Å². The van der Waals surface area contributed by atoms with Crippen LogP contribution in [0.4, 0.5) is 14.6 Å². The molecule has 0 radical (unpaired) electrons. The Morgan fingerprint density at radius 2 is 1.90 bits per heavy atom. The van der Waals surface area contributed by atoms with E-state index in [9.17, 15) is 18.4 Å². The number of hydrogen-bond donors (Lipinski definition) is 2. The van der Waals surface area contributed by atoms with E-state index >= 15 is 0 Å². The molecule has 3 aromatic rings. The lowest BCUT2D eigenvalue weighted by atomic mass is 9.87. The van der Waals surface area contributed by atoms with Crippen molar-refractivity contribution >= 4 is 35.1 Å². The molecule has 148 valence electrons. The molecule has 1 aliphatic rings. The van der Waals surface area contributed by atoms with E-state index in [0.29, 0.717) is 15.9 Å². The molecule has 9 heteroatoms. The molecule has 2 heterocycles. The second-order valence-corrected chi connectivity index (χ2v) is 7.96. The van der Waals surface area contributed by atoms with Gasteiger partial charge in [-0.15, -0.1) is 0 Å². The largest absolute Gasteiger partial charge is 0.310 e. The Morgan fingerprint density at radius 3 is 2.62 bits per heavy atom. The fourth-order valence-electron chi connectivity index (χ4n) is 3.26. The zero-order valence-electron chi connectivity index (χ0n) is 14.8. The molecule has 4 rings (SSSR count). The van der Waals surface area contributed by atoms with Crippen LogP contribution in [-0.2, 0) is 10.5 Å². The number of carbonyl (C=O) groups excluding carboxylic acids is 1. The predicted molar refractivity (Wildman–Crippen MR) is 107 cm³/mol. The number of halogens is 3. The highest BCUT2D eigenvalue weighted by Gasteiger charge is 2.31. The van der Waals surface area contributed by atoms with Gasteiger partial charge in [-0.2, -0.15) is 0 Å². The second kappa shape index (κ2) is 7.96. The molecule has 0 aliphatic carbocycles. The highest BCUT2D eigenvalue weighted by atomic mass is 35.5. The number of carbonyl (C=O) groups is 1. The van der Waals surface area contributed by atoms with Crippen LogP contribution in [0, 0.1) is 11.6 Å². The molecule has 0 saturated carbocycles. The van der Waals surface area contributed by atoms with E-state index < -0.39 is 23.1 Å². The number of amides is 1. The van der Waals surface area contributed by atoms with Gasteiger partial charge in [0.15, 0.2) is 5.16 Å². The van der Waals surface area contributed by atoms with Gasteiger partial charge in [0.25, 0.3) is 5.56 Å². The first-order valence-corrected chi connectivity index (χ1v) is 10.0. The van der Waals surface area contributed by atoms with Crippen molar-refractivity contribution < 1.29 is 13.6 Å². The maximum absolute atomic E-state index is 13.7. The van der Waals surface area contributed by atoms with Crippen molar-refractivity contribution in [1.29, 1.82) is 0 Å². The molecule has 0 fully saturated rings. The van der Waals surface area contributed by atoms with Crippen molar-refractivity contribution in [2.45, 2.75) is 23.2 Å². The topological polar surface area (TPSA) is 74.8 Å². The molecule has 29 heavy (non-hydrogen) atoms. The lowest BCUT2D eigenvalue weighted by Crippen LogP contribution is -2.31. The first kappa shape index (κ1) is 19.6. The zero-order valence-corrected chi connectivity index (χ0v) is 16.4. The van der Waals surface area contributed by atoms with Crippen molar-refractivity contribution in [3.05, 3.63) is 86.2 Å². The number of thioether (sulfide) groups is 1. The number of aromatic nitrogens is 2. The summed E-state index contributed by atoms with van der Waals surface area (Å²) < 4.78 is 27.3. The van der Waals surface area contributed by atoms with E-state index in [1.807, 2.05) is 12.1 Å². The molecular weight excluding hydrogens is 420 g/mol. The third-order valence-corrected chi connectivity index (χ3v) is 5.66. The molecule has 2 N–H and O–H groups in total. The van der Waals surface area contributed by atoms with E-state index in [0.717, 1.165) is 23.8 Å². The third-order valence-electron chi connectivity index (χ3n) is 4.48. The molecule has 1 aliphatic heterocycles. The number of benzene rings is 2. The molecule has 1 aromatic heterocycles. The van der Waals surface area contributed by atoms with Crippen LogP contribution in [0.25, 0.3) is 0 Å². The smallest absolute Gasteiger partial charge is 0.257 e. The van der Waals surface area contributed by atoms with Gasteiger partial charge in [0, 0.05) is 29.2 Å². The van der Waals surface area contributed by atoms with Gasteiger partial charge >= 0.3 is 0 Å². The van der Waals surface area contributed by atoms with E-state index in [2.05, 4.69) is 15.3 Å². The first-order valence-electron chi connectivity index (χ1n) is 8.66. The molecule has 1 amide bonds. The van der Waals surface area contributed by atoms with Crippen LogP contribution in [0.5, 0.6) is 0 Å². The molecule has 0 saturated heterocycles. The van der Waals surface area contributed by atoms with E-state index in [1.165, 1.54) is 11.8 Å². The van der Waals surface area contributed by atoms with E-state index in [-0.39, 0.29) is 29.3 Å². The number of nitrogens with zero attached hydrogens (tertiary/aromatic N) is 1. The molecule has 0 bridgehead atoms. The Labute approximate surface area is 173 Å². The van der Waals surface area contributed by atoms with Crippen LogP contribution in [0.2, 0.25) is 5.02 Å². The highest BCUT2D eigenvalue weighted by molar-refractivity contribution is 7.98. The minimum Gasteiger partial charge on any atom is -0.310 e. The number of anilines is 1. The summed E-state index contributed by atoms with van der Waals surface area (Å²) in [7, 11) is 0. The SMILES string of the molecule is O=C1C[C@@H](c2cc(F)cc(F)c2)c2c(nc(SCc3cccc(Cl)c3)[nH]c2=O)N1. The normalized spacial score (nSPS) is 15.7. The standard InChI is InChI=1S/C20H14ClF2N3O2S/c21-12-3-1-2-10(4-12)9-29-20-25-18-17(19(28)26-20)15(8-16(27)24-18)11-5-13(22)7-14(23)6-11/h1-7,15H,8-9H2,(H2,24,25,26,27,28)/t15-/m0/s1. The van der Waals surface area contributed by atoms with E-state index in [1.54, 1.807) is 12.1 Å². The van der Waals surface area contributed by atoms with Crippen LogP contribution in [0.15, 0.2) is 52.4 Å². The molecule has 1 atom stereocenters. The Hall–Kier alpha value is -2.71. The molecule has 0 spiro atoms. The average molecular weight is 434 g/mol. The van der Waals surface area contributed by atoms with Gasteiger partial charge in [0.05, 0.1) is 5.56 Å². The Bertz CT molecular complexity index is 1150. The minimum atomic E-state index is -0.785. The van der Waals surface area contributed by atoms with Crippen LogP contribution >= 0.6 is 23.4 Å². The fraction of sp³-hybridized carbons (Fsp3) is 0.150. The molecule has 5 nitrogen and oxygen atoms in total. The predicted octanol–water partition coefficient (Wildman–Crippen LogP) is 4.47. The Kier molecular flexibility index (Phi) is 5.38. The van der Waals surface area contributed by atoms with Crippen molar-refractivity contribution in [2.75, 3.05) is 5.32 Å². The van der Waals surface area contributed by atoms with Gasteiger partial charge in [-0.05, 0) is 35.4 Å². The van der Waals surface area contributed by atoms with Gasteiger partial charge in [-0.25, -0.2) is 13.8 Å². The molecule has 0 unspecified atom stereocenters. The fourth-order valence-corrected chi connectivity index (χ4v) is 4.28. The lowest BCUT2D eigenvalue weighted by Gasteiger charge is -2.24. The number of fused-ring (bicyclic) bond motifs is 1. The monoisotopic (exact) mass is 433 g/mol. The minimum absolute atomic E-state index is 0.102. The number of aromatic amines is 1. The summed E-state index contributed by atoms with van der Waals surface area (Å²) in [4.78, 5) is 31.9. The molecular formula is C20H14ClF2N3O2S. The Balaban J connectivity index is 1.67. The van der Waals surface area contributed by atoms with Crippen LogP contribution < -0.4 is 10.9 Å². The van der Waals surface area contributed by atoms with Crippen LogP contribution in [-0.4, -0.2) is 15.9 Å². The summed E-state index contributed by atoms with van der Waals surface area (Å²) in [5.41, 5.74) is 0.880. The zero-order chi connectivity index (χ0) is 20.5. The van der Waals surface area contributed by atoms with Gasteiger partial charge in [-0.1, -0.05) is 35.5 Å². The van der Waals surface area contributed by atoms with Crippen molar-refractivity contribution in [2.24, 2.45) is 0 Å². The lowest BCUT2D eigenvalue weighted by molar-refractivity contribution is -0.116. The maximum atomic E-state index is 13.7. The van der Waals surface area contributed by atoms with E-state index in [4.69, 9.17) is 11.6 Å². The van der Waals surface area contributed by atoms with Crippen molar-refractivity contribution in [3.63, 3.8) is 0 Å². The second-order valence-electron chi connectivity index (χ2n) is 6.56. The first-order chi connectivity index (χ1) is 13.9. The van der Waals surface area contributed by atoms with Crippen LogP contribution in [0.3, 0.4) is 0 Å². The quantitative estimate of drug-likeness (QED) is 0.470. The van der Waals surface area contributed by atoms with Crippen molar-refractivity contribution in [3.8, 4) is 0 Å². The summed E-state index contributed by atoms with van der Waals surface area (Å²) in [6, 6.07) is 10.3. The average Bonchev–Trinajstić information content (AvgIpc) is 2.64. The van der Waals surface area contributed by atoms with Crippen molar-refractivity contribution in [1.82, 2.24) is 9.97 Å². The molecule has 2 aromatic carbocycles. The third kappa shape index (κ3) is 4.33. The highest BCUT2D eigenvalue weighted by Crippen LogP contribution is 2.35. The Morgan fingerprint density at radius 1 is 1.14 bits per heavy atom. The van der Waals surface area contributed by atoms with Gasteiger partial charge in [-0.3, -0.25) is 9.59 Å².